The molecule has 2 aromatic heterocycles. The van der Waals surface area contributed by atoms with Gasteiger partial charge in [0.2, 0.25) is 0 Å². The van der Waals surface area contributed by atoms with Gasteiger partial charge in [-0.05, 0) is 37.8 Å². The van der Waals surface area contributed by atoms with E-state index in [1.54, 1.807) is 0 Å². The molecule has 1 aromatic carbocycles. The molecule has 0 saturated carbocycles. The number of fused-ring (bicyclic) bond motifs is 4. The van der Waals surface area contributed by atoms with Crippen molar-refractivity contribution in [1.82, 2.24) is 19.7 Å². The lowest BCUT2D eigenvalue weighted by molar-refractivity contribution is -0.101. The number of hydrogen-bond acceptors (Lipinski definition) is 3. The van der Waals surface area contributed by atoms with Gasteiger partial charge in [0.1, 0.15) is 5.60 Å². The monoisotopic (exact) mass is 350 g/mol. The Labute approximate surface area is 153 Å². The van der Waals surface area contributed by atoms with Crippen LogP contribution >= 0.6 is 0 Å². The lowest BCUT2D eigenvalue weighted by Gasteiger charge is -2.43. The number of likely N-dealkylation sites (tertiary alicyclic amines) is 1. The molecule has 0 aliphatic carbocycles. The van der Waals surface area contributed by atoms with E-state index < -0.39 is 0 Å². The number of aryl methyl sites for hydroxylation is 1. The van der Waals surface area contributed by atoms with Gasteiger partial charge in [0.05, 0.1) is 18.5 Å². The molecule has 1 spiro atoms. The molecule has 0 amide bonds. The number of piperidine rings is 1. The van der Waals surface area contributed by atoms with Crippen molar-refractivity contribution in [3.05, 3.63) is 53.5 Å². The molecule has 26 heavy (non-hydrogen) atoms. The number of nitrogens with one attached hydrogen (secondary N) is 1. The molecule has 2 aliphatic rings. The van der Waals surface area contributed by atoms with Crippen molar-refractivity contribution in [3.63, 3.8) is 0 Å². The smallest absolute Gasteiger partial charge is 0.110 e. The molecule has 0 unspecified atom stereocenters. The molecule has 136 valence electrons. The zero-order valence-electron chi connectivity index (χ0n) is 15.4. The molecule has 2 aliphatic heterocycles. The number of aromatic nitrogens is 3. The fourth-order valence-electron chi connectivity index (χ4n) is 4.66. The first-order valence-corrected chi connectivity index (χ1v) is 9.75. The molecule has 4 heterocycles. The highest BCUT2D eigenvalue weighted by Gasteiger charge is 2.42. The van der Waals surface area contributed by atoms with Crippen molar-refractivity contribution >= 4 is 10.9 Å². The largest absolute Gasteiger partial charge is 0.368 e. The lowest BCUT2D eigenvalue weighted by Crippen LogP contribution is -2.46. The molecule has 5 heteroatoms. The molecular formula is C21H26N4O. The maximum Gasteiger partial charge on any atom is 0.110 e. The second-order valence-corrected chi connectivity index (χ2v) is 7.60. The Bertz CT molecular complexity index is 917. The van der Waals surface area contributed by atoms with E-state index in [-0.39, 0.29) is 5.60 Å². The number of aromatic amines is 1. The number of nitrogens with zero attached hydrogens (tertiary/aromatic N) is 3. The van der Waals surface area contributed by atoms with Crippen molar-refractivity contribution in [2.45, 2.75) is 44.9 Å². The van der Waals surface area contributed by atoms with Crippen LogP contribution in [-0.2, 0) is 29.8 Å². The molecular weight excluding hydrogens is 324 g/mol. The van der Waals surface area contributed by atoms with Crippen LogP contribution < -0.4 is 0 Å². The molecule has 0 radical (unpaired) electrons. The van der Waals surface area contributed by atoms with E-state index in [9.17, 15) is 0 Å². The molecule has 1 N–H and O–H groups in total. The van der Waals surface area contributed by atoms with Gasteiger partial charge in [0.25, 0.3) is 0 Å². The highest BCUT2D eigenvalue weighted by molar-refractivity contribution is 5.85. The van der Waals surface area contributed by atoms with E-state index in [4.69, 9.17) is 4.74 Å². The predicted molar refractivity (Wildman–Crippen MR) is 102 cm³/mol. The summed E-state index contributed by atoms with van der Waals surface area (Å²) in [7, 11) is 0. The Balaban J connectivity index is 1.36. The summed E-state index contributed by atoms with van der Waals surface area (Å²) in [5.41, 5.74) is 5.24. The lowest BCUT2D eigenvalue weighted by atomic mass is 9.83. The minimum atomic E-state index is -0.128. The number of hydrogen-bond donors (Lipinski definition) is 1. The summed E-state index contributed by atoms with van der Waals surface area (Å²) in [5, 5.41) is 5.77. The second-order valence-electron chi connectivity index (χ2n) is 7.60. The van der Waals surface area contributed by atoms with Crippen molar-refractivity contribution < 1.29 is 4.74 Å². The van der Waals surface area contributed by atoms with Crippen LogP contribution in [0.1, 0.15) is 36.6 Å². The van der Waals surface area contributed by atoms with Crippen LogP contribution in [0.25, 0.3) is 10.9 Å². The zero-order valence-corrected chi connectivity index (χ0v) is 15.4. The summed E-state index contributed by atoms with van der Waals surface area (Å²) >= 11 is 0. The Morgan fingerprint density at radius 1 is 1.23 bits per heavy atom. The Morgan fingerprint density at radius 3 is 2.88 bits per heavy atom. The van der Waals surface area contributed by atoms with Gasteiger partial charge in [-0.2, -0.15) is 5.10 Å². The molecule has 5 rings (SSSR count). The summed E-state index contributed by atoms with van der Waals surface area (Å²) in [6, 6.07) is 8.67. The summed E-state index contributed by atoms with van der Waals surface area (Å²) in [6.07, 6.45) is 7.28. The Hall–Kier alpha value is -2.11. The van der Waals surface area contributed by atoms with Crippen molar-refractivity contribution in [1.29, 1.82) is 0 Å². The first-order chi connectivity index (χ1) is 12.8. The maximum atomic E-state index is 6.41. The quantitative estimate of drug-likeness (QED) is 0.787. The SMILES string of the molecule is CCn1cc(CN2CCC3(CC2)OCCc2c3[nH]c3ccccc23)cn1. The summed E-state index contributed by atoms with van der Waals surface area (Å²) < 4.78 is 8.41. The van der Waals surface area contributed by atoms with Crippen LogP contribution in [0.2, 0.25) is 0 Å². The number of H-pyrrole nitrogens is 1. The second kappa shape index (κ2) is 6.25. The van der Waals surface area contributed by atoms with Gasteiger partial charge in [-0.3, -0.25) is 9.58 Å². The standard InChI is InChI=1S/C21H26N4O/c1-2-25-15-16(13-22-25)14-24-10-8-21(9-11-24)20-18(7-12-26-21)17-5-3-4-6-19(17)23-20/h3-6,13,15,23H,2,7-12,14H2,1H3. The number of para-hydroxylation sites is 1. The van der Waals surface area contributed by atoms with E-state index in [0.717, 1.165) is 52.0 Å². The molecule has 3 aromatic rings. The van der Waals surface area contributed by atoms with Crippen molar-refractivity contribution in [2.75, 3.05) is 19.7 Å². The predicted octanol–water partition coefficient (Wildman–Crippen LogP) is 3.45. The summed E-state index contributed by atoms with van der Waals surface area (Å²) in [4.78, 5) is 6.23. The molecule has 5 nitrogen and oxygen atoms in total. The van der Waals surface area contributed by atoms with Gasteiger partial charge in [-0.1, -0.05) is 18.2 Å². The minimum absolute atomic E-state index is 0.128. The van der Waals surface area contributed by atoms with E-state index in [1.165, 1.54) is 27.7 Å². The maximum absolute atomic E-state index is 6.41. The molecule has 0 bridgehead atoms. The van der Waals surface area contributed by atoms with E-state index >= 15 is 0 Å². The highest BCUT2D eigenvalue weighted by atomic mass is 16.5. The first-order valence-electron chi connectivity index (χ1n) is 9.75. The summed E-state index contributed by atoms with van der Waals surface area (Å²) in [6.45, 7) is 6.99. The van der Waals surface area contributed by atoms with Gasteiger partial charge in [-0.15, -0.1) is 0 Å². The third kappa shape index (κ3) is 2.58. The third-order valence-corrected chi connectivity index (χ3v) is 6.08. The number of ether oxygens (including phenoxy) is 1. The van der Waals surface area contributed by atoms with Crippen molar-refractivity contribution in [3.8, 4) is 0 Å². The van der Waals surface area contributed by atoms with E-state index in [0.29, 0.717) is 0 Å². The van der Waals surface area contributed by atoms with Crippen LogP contribution in [0.4, 0.5) is 0 Å². The van der Waals surface area contributed by atoms with Crippen LogP contribution in [0.5, 0.6) is 0 Å². The van der Waals surface area contributed by atoms with Gasteiger partial charge >= 0.3 is 0 Å². The molecule has 1 saturated heterocycles. The van der Waals surface area contributed by atoms with Crippen molar-refractivity contribution in [2.24, 2.45) is 0 Å². The van der Waals surface area contributed by atoms with Crippen LogP contribution in [-0.4, -0.2) is 39.4 Å². The first kappa shape index (κ1) is 16.1. The molecule has 1 fully saturated rings. The van der Waals surface area contributed by atoms with Gasteiger partial charge in [0, 0.05) is 48.8 Å². The van der Waals surface area contributed by atoms with Gasteiger partial charge in [-0.25, -0.2) is 0 Å². The van der Waals surface area contributed by atoms with Crippen LogP contribution in [0.15, 0.2) is 36.7 Å². The number of rotatable bonds is 3. The topological polar surface area (TPSA) is 46.1 Å². The Kier molecular flexibility index (Phi) is 3.87. The third-order valence-electron chi connectivity index (χ3n) is 6.08. The van der Waals surface area contributed by atoms with Crippen LogP contribution in [0, 0.1) is 0 Å². The normalized spacial score (nSPS) is 19.9. The van der Waals surface area contributed by atoms with E-state index in [2.05, 4.69) is 52.4 Å². The molecule has 0 atom stereocenters. The number of benzene rings is 1. The van der Waals surface area contributed by atoms with Gasteiger partial charge in [0.15, 0.2) is 0 Å². The fraction of sp³-hybridized carbons (Fsp3) is 0.476. The average molecular weight is 350 g/mol. The average Bonchev–Trinajstić information content (AvgIpc) is 3.29. The highest BCUT2D eigenvalue weighted by Crippen LogP contribution is 2.43. The zero-order chi connectivity index (χ0) is 17.6. The fourth-order valence-corrected chi connectivity index (χ4v) is 4.66. The van der Waals surface area contributed by atoms with E-state index in [1.807, 2.05) is 10.9 Å². The summed E-state index contributed by atoms with van der Waals surface area (Å²) in [5.74, 6) is 0. The van der Waals surface area contributed by atoms with Gasteiger partial charge < -0.3 is 9.72 Å². The minimum Gasteiger partial charge on any atom is -0.368 e. The Morgan fingerprint density at radius 2 is 2.08 bits per heavy atom. The van der Waals surface area contributed by atoms with Crippen LogP contribution in [0.3, 0.4) is 0 Å².